The van der Waals surface area contributed by atoms with Crippen molar-refractivity contribution < 1.29 is 5.11 Å². The second kappa shape index (κ2) is 3.63. The number of benzene rings is 1. The molecule has 2 aromatic rings. The van der Waals surface area contributed by atoms with Gasteiger partial charge in [0.15, 0.2) is 0 Å². The molecule has 0 aliphatic heterocycles. The van der Waals surface area contributed by atoms with Gasteiger partial charge in [-0.1, -0.05) is 18.2 Å². The topological polar surface area (TPSA) is 25.2 Å². The number of aromatic nitrogens is 1. The molecule has 0 atom stereocenters. The van der Waals surface area contributed by atoms with Crippen molar-refractivity contribution in [3.05, 3.63) is 36.0 Å². The van der Waals surface area contributed by atoms with Crippen LogP contribution in [0, 0.1) is 0 Å². The van der Waals surface area contributed by atoms with Gasteiger partial charge in [0.25, 0.3) is 0 Å². The summed E-state index contributed by atoms with van der Waals surface area (Å²) in [5, 5.41) is 11.4. The Morgan fingerprint density at radius 1 is 1.19 bits per heavy atom. The van der Waals surface area contributed by atoms with Crippen molar-refractivity contribution in [1.82, 2.24) is 4.57 Å². The van der Waals surface area contributed by atoms with Crippen molar-refractivity contribution in [2.24, 2.45) is 0 Å². The van der Waals surface area contributed by atoms with Crippen LogP contribution in [-0.2, 0) is 5.60 Å². The lowest BCUT2D eigenvalue weighted by Crippen LogP contribution is -2.21. The third-order valence-electron chi connectivity index (χ3n) is 2.89. The molecular weight excluding hydrogens is 198 g/mol. The minimum Gasteiger partial charge on any atom is -0.384 e. The maximum atomic E-state index is 10.2. The average Bonchev–Trinajstić information content (AvgIpc) is 2.55. The van der Waals surface area contributed by atoms with Crippen LogP contribution >= 0.6 is 0 Å². The highest BCUT2D eigenvalue weighted by atomic mass is 16.3. The van der Waals surface area contributed by atoms with Crippen LogP contribution in [0.4, 0.5) is 0 Å². The summed E-state index contributed by atoms with van der Waals surface area (Å²) < 4.78 is 2.20. The van der Waals surface area contributed by atoms with Gasteiger partial charge in [0, 0.05) is 11.6 Å². The number of rotatable bonds is 2. The zero-order valence-corrected chi connectivity index (χ0v) is 10.4. The fourth-order valence-corrected chi connectivity index (χ4v) is 2.20. The zero-order valence-electron chi connectivity index (χ0n) is 10.4. The van der Waals surface area contributed by atoms with Gasteiger partial charge in [-0.2, -0.15) is 0 Å². The standard InChI is InChI=1S/C14H19NO/c1-10(2)15-12-8-6-5-7-11(12)9-13(15)14(3,4)16/h5-10,16H,1-4H3. The highest BCUT2D eigenvalue weighted by molar-refractivity contribution is 5.81. The molecule has 2 nitrogen and oxygen atoms in total. The summed E-state index contributed by atoms with van der Waals surface area (Å²) in [6, 6.07) is 10.7. The van der Waals surface area contributed by atoms with Gasteiger partial charge in [-0.25, -0.2) is 0 Å². The second-order valence-electron chi connectivity index (χ2n) is 5.11. The zero-order chi connectivity index (χ0) is 11.9. The Hall–Kier alpha value is -1.28. The lowest BCUT2D eigenvalue weighted by Gasteiger charge is -2.23. The van der Waals surface area contributed by atoms with Gasteiger partial charge < -0.3 is 9.67 Å². The third kappa shape index (κ3) is 1.74. The number of hydrogen-bond acceptors (Lipinski definition) is 1. The van der Waals surface area contributed by atoms with E-state index in [1.807, 2.05) is 26.0 Å². The van der Waals surface area contributed by atoms with Crippen LogP contribution in [-0.4, -0.2) is 9.67 Å². The van der Waals surface area contributed by atoms with Crippen molar-refractivity contribution in [1.29, 1.82) is 0 Å². The van der Waals surface area contributed by atoms with Gasteiger partial charge in [0.2, 0.25) is 0 Å². The van der Waals surface area contributed by atoms with E-state index in [-0.39, 0.29) is 0 Å². The Kier molecular flexibility index (Phi) is 2.55. The summed E-state index contributed by atoms with van der Waals surface area (Å²) in [5.74, 6) is 0. The molecule has 0 aliphatic carbocycles. The molecule has 0 unspecified atom stereocenters. The smallest absolute Gasteiger partial charge is 0.0989 e. The van der Waals surface area contributed by atoms with Crippen LogP contribution in [0.5, 0.6) is 0 Å². The molecule has 0 fully saturated rings. The highest BCUT2D eigenvalue weighted by Crippen LogP contribution is 2.30. The first kappa shape index (κ1) is 11.2. The first-order valence-electron chi connectivity index (χ1n) is 5.74. The summed E-state index contributed by atoms with van der Waals surface area (Å²) in [5.41, 5.74) is 1.36. The van der Waals surface area contributed by atoms with Crippen LogP contribution < -0.4 is 0 Å². The summed E-state index contributed by atoms with van der Waals surface area (Å²) >= 11 is 0. The first-order valence-corrected chi connectivity index (χ1v) is 5.74. The molecule has 0 amide bonds. The summed E-state index contributed by atoms with van der Waals surface area (Å²) in [6.45, 7) is 7.95. The van der Waals surface area contributed by atoms with E-state index < -0.39 is 5.60 Å². The van der Waals surface area contributed by atoms with E-state index in [0.29, 0.717) is 6.04 Å². The SMILES string of the molecule is CC(C)n1c(C(C)(C)O)cc2ccccc21. The van der Waals surface area contributed by atoms with E-state index in [4.69, 9.17) is 0 Å². The largest absolute Gasteiger partial charge is 0.384 e. The van der Waals surface area contributed by atoms with Crippen LogP contribution in [0.2, 0.25) is 0 Å². The van der Waals surface area contributed by atoms with Crippen molar-refractivity contribution in [2.45, 2.75) is 39.3 Å². The Morgan fingerprint density at radius 3 is 2.38 bits per heavy atom. The Bertz CT molecular complexity index is 503. The third-order valence-corrected chi connectivity index (χ3v) is 2.89. The molecule has 16 heavy (non-hydrogen) atoms. The van der Waals surface area contributed by atoms with E-state index >= 15 is 0 Å². The maximum Gasteiger partial charge on any atom is 0.0989 e. The van der Waals surface area contributed by atoms with Crippen molar-refractivity contribution in [3.8, 4) is 0 Å². The summed E-state index contributed by atoms with van der Waals surface area (Å²) in [7, 11) is 0. The highest BCUT2D eigenvalue weighted by Gasteiger charge is 2.23. The molecule has 0 saturated carbocycles. The Labute approximate surface area is 96.5 Å². The van der Waals surface area contributed by atoms with Crippen LogP contribution in [0.3, 0.4) is 0 Å². The van der Waals surface area contributed by atoms with Crippen molar-refractivity contribution in [2.75, 3.05) is 0 Å². The van der Waals surface area contributed by atoms with Gasteiger partial charge in [0.1, 0.15) is 0 Å². The van der Waals surface area contributed by atoms with Gasteiger partial charge in [-0.3, -0.25) is 0 Å². The minimum absolute atomic E-state index is 0.348. The van der Waals surface area contributed by atoms with Gasteiger partial charge in [-0.15, -0.1) is 0 Å². The first-order chi connectivity index (χ1) is 7.41. The summed E-state index contributed by atoms with van der Waals surface area (Å²) in [6.07, 6.45) is 0. The van der Waals surface area contributed by atoms with Crippen LogP contribution in [0.25, 0.3) is 10.9 Å². The molecule has 1 aromatic heterocycles. The van der Waals surface area contributed by atoms with Crippen molar-refractivity contribution >= 4 is 10.9 Å². The number of para-hydroxylation sites is 1. The Morgan fingerprint density at radius 2 is 1.81 bits per heavy atom. The molecule has 1 N–H and O–H groups in total. The Balaban J connectivity index is 2.78. The fraction of sp³-hybridized carbons (Fsp3) is 0.429. The van der Waals surface area contributed by atoms with Gasteiger partial charge in [0.05, 0.1) is 11.3 Å². The summed E-state index contributed by atoms with van der Waals surface area (Å²) in [4.78, 5) is 0. The molecule has 0 radical (unpaired) electrons. The fourth-order valence-electron chi connectivity index (χ4n) is 2.20. The normalized spacial score (nSPS) is 12.6. The lowest BCUT2D eigenvalue weighted by atomic mass is 10.1. The number of hydrogen-bond donors (Lipinski definition) is 1. The molecule has 0 saturated heterocycles. The van der Waals surface area contributed by atoms with E-state index in [1.54, 1.807) is 0 Å². The molecule has 0 aliphatic rings. The average molecular weight is 217 g/mol. The molecule has 1 aromatic carbocycles. The monoisotopic (exact) mass is 217 g/mol. The molecule has 2 heteroatoms. The molecule has 0 spiro atoms. The number of fused-ring (bicyclic) bond motifs is 1. The van der Waals surface area contributed by atoms with E-state index in [0.717, 1.165) is 5.69 Å². The number of aliphatic hydroxyl groups is 1. The predicted octanol–water partition coefficient (Wildman–Crippen LogP) is 3.45. The lowest BCUT2D eigenvalue weighted by molar-refractivity contribution is 0.0691. The second-order valence-corrected chi connectivity index (χ2v) is 5.11. The van der Waals surface area contributed by atoms with Crippen LogP contribution in [0.15, 0.2) is 30.3 Å². The molecule has 1 heterocycles. The predicted molar refractivity (Wildman–Crippen MR) is 67.6 cm³/mol. The molecule has 2 rings (SSSR count). The van der Waals surface area contributed by atoms with Gasteiger partial charge in [-0.05, 0) is 45.2 Å². The van der Waals surface area contributed by atoms with Crippen LogP contribution in [0.1, 0.15) is 39.4 Å². The maximum absolute atomic E-state index is 10.2. The quantitative estimate of drug-likeness (QED) is 0.819. The molecule has 0 bridgehead atoms. The van der Waals surface area contributed by atoms with E-state index in [9.17, 15) is 5.11 Å². The minimum atomic E-state index is -0.802. The van der Waals surface area contributed by atoms with E-state index in [2.05, 4.69) is 36.6 Å². The van der Waals surface area contributed by atoms with Gasteiger partial charge >= 0.3 is 0 Å². The number of nitrogens with zero attached hydrogens (tertiary/aromatic N) is 1. The van der Waals surface area contributed by atoms with E-state index in [1.165, 1.54) is 10.9 Å². The molecular formula is C14H19NO. The van der Waals surface area contributed by atoms with Crippen molar-refractivity contribution in [3.63, 3.8) is 0 Å². The molecule has 86 valence electrons.